The van der Waals surface area contributed by atoms with Crippen LogP contribution in [0.3, 0.4) is 0 Å². The fourth-order valence-electron chi connectivity index (χ4n) is 10.5. The van der Waals surface area contributed by atoms with Crippen LogP contribution in [0.1, 0.15) is 150 Å². The Morgan fingerprint density at radius 2 is 0.810 bits per heavy atom. The van der Waals surface area contributed by atoms with Gasteiger partial charge in [0.15, 0.2) is 0 Å². The molecule has 0 aromatic carbocycles. The third-order valence-electron chi connectivity index (χ3n) is 15.8. The number of rotatable bonds is 14. The number of carbonyl (C=O) groups is 11. The number of carbonyl (C=O) groups excluding carboxylic acids is 11. The maximum absolute atomic E-state index is 15.1. The predicted molar refractivity (Wildman–Crippen MR) is 324 cm³/mol. The summed E-state index contributed by atoms with van der Waals surface area (Å²) >= 11 is 0. The van der Waals surface area contributed by atoms with Crippen LogP contribution in [0.15, 0.2) is 12.2 Å². The number of aliphatic hydroxyl groups is 1. The van der Waals surface area contributed by atoms with Crippen molar-refractivity contribution in [1.29, 1.82) is 0 Å². The Morgan fingerprint density at radius 1 is 0.429 bits per heavy atom. The van der Waals surface area contributed by atoms with Crippen LogP contribution in [0.4, 0.5) is 0 Å². The molecule has 480 valence electrons. The molecule has 0 spiro atoms. The van der Waals surface area contributed by atoms with Crippen LogP contribution in [-0.2, 0) is 52.7 Å². The first kappa shape index (κ1) is 75.9. The maximum Gasteiger partial charge on any atom is 0.246 e. The molecule has 1 heterocycles. The minimum Gasteiger partial charge on any atom is -0.390 e. The van der Waals surface area contributed by atoms with Crippen molar-refractivity contribution < 1.29 is 57.8 Å². The van der Waals surface area contributed by atoms with Gasteiger partial charge in [-0.05, 0) is 101 Å². The molecule has 0 aromatic heterocycles. The second-order valence-corrected chi connectivity index (χ2v) is 25.9. The summed E-state index contributed by atoms with van der Waals surface area (Å²) in [6.07, 6.45) is 3.00. The Bertz CT molecular complexity index is 2310. The van der Waals surface area contributed by atoms with Gasteiger partial charge in [-0.1, -0.05) is 102 Å². The Kier molecular flexibility index (Phi) is 30.8. The topological polar surface area (TPSA) is 279 Å². The summed E-state index contributed by atoms with van der Waals surface area (Å²) in [5.41, 5.74) is 0. The molecule has 0 radical (unpaired) electrons. The van der Waals surface area contributed by atoms with E-state index in [2.05, 4.69) is 21.3 Å². The molecule has 1 saturated heterocycles. The minimum atomic E-state index is -1.61. The lowest BCUT2D eigenvalue weighted by Crippen LogP contribution is -2.63. The van der Waals surface area contributed by atoms with Crippen LogP contribution >= 0.6 is 0 Å². The van der Waals surface area contributed by atoms with E-state index in [4.69, 9.17) is 0 Å². The van der Waals surface area contributed by atoms with Gasteiger partial charge in [0.1, 0.15) is 60.4 Å². The van der Waals surface area contributed by atoms with Gasteiger partial charge >= 0.3 is 0 Å². The minimum absolute atomic E-state index is 0.129. The summed E-state index contributed by atoms with van der Waals surface area (Å²) in [7, 11) is 9.87. The Labute approximate surface area is 502 Å². The van der Waals surface area contributed by atoms with Crippen LogP contribution in [0.2, 0.25) is 0 Å². The Hall–Kier alpha value is -6.13. The largest absolute Gasteiger partial charge is 0.390 e. The third kappa shape index (κ3) is 21.1. The molecule has 0 aromatic rings. The highest BCUT2D eigenvalue weighted by Crippen LogP contribution is 2.25. The lowest BCUT2D eigenvalue weighted by atomic mass is 9.91. The Morgan fingerprint density at radius 3 is 1.26 bits per heavy atom. The zero-order valence-electron chi connectivity index (χ0n) is 55.4. The fraction of sp³-hybridized carbons (Fsp3) is 0.787. The normalized spacial score (nSPS) is 27.1. The van der Waals surface area contributed by atoms with Gasteiger partial charge in [0.25, 0.3) is 0 Å². The molecule has 84 heavy (non-hydrogen) atoms. The summed E-state index contributed by atoms with van der Waals surface area (Å²) in [6.45, 7) is 29.0. The number of hydrogen-bond acceptors (Lipinski definition) is 12. The van der Waals surface area contributed by atoms with Gasteiger partial charge in [0, 0.05) is 49.3 Å². The zero-order chi connectivity index (χ0) is 65.3. The molecular formula is C61H109N11O12. The predicted octanol–water partition coefficient (Wildman–Crippen LogP) is 2.88. The van der Waals surface area contributed by atoms with Crippen LogP contribution in [0, 0.1) is 41.4 Å². The summed E-state index contributed by atoms with van der Waals surface area (Å²) in [4.78, 5) is 168. The van der Waals surface area contributed by atoms with Crippen molar-refractivity contribution in [2.24, 2.45) is 41.4 Å². The van der Waals surface area contributed by atoms with Crippen LogP contribution < -0.4 is 21.3 Å². The number of nitrogens with zero attached hydrogens (tertiary/aromatic N) is 7. The maximum atomic E-state index is 15.1. The van der Waals surface area contributed by atoms with E-state index < -0.39 is 156 Å². The number of aliphatic hydroxyl groups excluding tert-OH is 1. The number of hydrogen-bond donors (Lipinski definition) is 5. The third-order valence-corrected chi connectivity index (χ3v) is 15.8. The highest BCUT2D eigenvalue weighted by molar-refractivity contribution is 5.99. The molecule has 12 atom stereocenters. The first-order chi connectivity index (χ1) is 38.7. The first-order valence-corrected chi connectivity index (χ1v) is 30.0. The van der Waals surface area contributed by atoms with E-state index in [9.17, 15) is 48.3 Å². The monoisotopic (exact) mass is 1190 g/mol. The van der Waals surface area contributed by atoms with E-state index in [0.717, 1.165) is 9.80 Å². The van der Waals surface area contributed by atoms with E-state index in [1.165, 1.54) is 94.6 Å². The van der Waals surface area contributed by atoms with Gasteiger partial charge in [-0.2, -0.15) is 0 Å². The summed E-state index contributed by atoms with van der Waals surface area (Å²) < 4.78 is 0. The molecule has 0 bridgehead atoms. The molecule has 0 saturated carbocycles. The van der Waals surface area contributed by atoms with E-state index >= 15 is 9.59 Å². The standard InChI is InChI=1S/C61H109N11O12/c1-25-26-27-39(14)51(74)50-55(78)64-41(16)56(79)66(18)32-47(73)67(19)43(28-33(2)3)54(77)65-48(37(10)11)60(83)68(20)44(29-34(4)5)53(76)62-40(15)52(75)63-42(17)57(80)69(21)45(30-35(6)7)58(81)70(22)46(31-36(8)9)59(82)71(23)49(38(12)13)61(84)72(50)24/h25-26,33-46,48-51,74H,27-32H2,1-24H3,(H,62,76)(H,63,75)(H,64,78)(H,65,77)/b26-25+/t39-,40+,41+,42-,43+,44+,45+,46+,48+,49+,50+,51-/m0/s1. The molecule has 0 aliphatic carbocycles. The fourth-order valence-corrected chi connectivity index (χ4v) is 10.5. The van der Waals surface area contributed by atoms with Gasteiger partial charge in [0.2, 0.25) is 65.0 Å². The number of amides is 11. The SMILES string of the molecule is C/C=C/C[C@H](C)[C@H](O)[C@@H]1C(=O)N[C@H](C)C(=O)N(C)CC(=O)N(C)[C@H](CC(C)C)C(=O)N[C@H](C(C)C)C(=O)N(C)[C@H](CC(C)C)C(=O)N[C@H](C)C(=O)N[C@@H](C)C(=O)N(C)[C@H](CC(C)C)C(=O)N(C)[C@H](CC(C)C)C(=O)N(C)[C@H](C(C)C)C(=O)N1C. The van der Waals surface area contributed by atoms with Gasteiger partial charge in [-0.15, -0.1) is 0 Å². The number of likely N-dealkylation sites (N-methyl/N-ethyl adjacent to an activating group) is 7. The van der Waals surface area contributed by atoms with Gasteiger partial charge in [-0.3, -0.25) is 52.7 Å². The van der Waals surface area contributed by atoms with Crippen molar-refractivity contribution in [1.82, 2.24) is 55.6 Å². The average Bonchev–Trinajstić information content (AvgIpc) is 2.58. The lowest BCUT2D eigenvalue weighted by Gasteiger charge is -2.41. The van der Waals surface area contributed by atoms with Crippen LogP contribution in [0.25, 0.3) is 0 Å². The molecule has 11 amide bonds. The van der Waals surface area contributed by atoms with Gasteiger partial charge in [-0.25, -0.2) is 0 Å². The molecule has 23 nitrogen and oxygen atoms in total. The quantitative estimate of drug-likeness (QED) is 0.157. The highest BCUT2D eigenvalue weighted by Gasteiger charge is 2.45. The second kappa shape index (κ2) is 34.1. The summed E-state index contributed by atoms with van der Waals surface area (Å²) in [6, 6.07) is -12.4. The average molecular weight is 1190 g/mol. The van der Waals surface area contributed by atoms with E-state index in [0.29, 0.717) is 6.42 Å². The molecule has 1 aliphatic heterocycles. The summed E-state index contributed by atoms with van der Waals surface area (Å²) in [5, 5.41) is 22.9. The highest BCUT2D eigenvalue weighted by atomic mass is 16.3. The number of allylic oxidation sites excluding steroid dienone is 2. The van der Waals surface area contributed by atoms with Crippen LogP contribution in [-0.4, -0.2) is 227 Å². The van der Waals surface area contributed by atoms with Crippen molar-refractivity contribution in [3.05, 3.63) is 12.2 Å². The second-order valence-electron chi connectivity index (χ2n) is 25.9. The molecule has 1 rings (SSSR count). The van der Waals surface area contributed by atoms with E-state index in [1.54, 1.807) is 53.7 Å². The van der Waals surface area contributed by atoms with Crippen molar-refractivity contribution in [2.45, 2.75) is 216 Å². The van der Waals surface area contributed by atoms with Crippen LogP contribution in [0.5, 0.6) is 0 Å². The van der Waals surface area contributed by atoms with E-state index in [-0.39, 0.29) is 49.4 Å². The van der Waals surface area contributed by atoms with Crippen molar-refractivity contribution in [3.8, 4) is 0 Å². The summed E-state index contributed by atoms with van der Waals surface area (Å²) in [5.74, 6) is -9.78. The molecule has 23 heteroatoms. The smallest absolute Gasteiger partial charge is 0.246 e. The molecule has 5 N–H and O–H groups in total. The van der Waals surface area contributed by atoms with Gasteiger partial charge in [0.05, 0.1) is 12.6 Å². The molecule has 1 fully saturated rings. The van der Waals surface area contributed by atoms with Crippen molar-refractivity contribution >= 4 is 65.0 Å². The van der Waals surface area contributed by atoms with E-state index in [1.807, 2.05) is 55.4 Å². The molecular weight excluding hydrogens is 1080 g/mol. The lowest BCUT2D eigenvalue weighted by molar-refractivity contribution is -0.157. The Balaban J connectivity index is 4.28. The number of nitrogens with one attached hydrogen (secondary N) is 4. The first-order valence-electron chi connectivity index (χ1n) is 30.0. The molecule has 0 unspecified atom stereocenters. The van der Waals surface area contributed by atoms with Crippen molar-refractivity contribution in [3.63, 3.8) is 0 Å². The van der Waals surface area contributed by atoms with Crippen molar-refractivity contribution in [2.75, 3.05) is 55.9 Å². The molecule has 1 aliphatic rings. The van der Waals surface area contributed by atoms with Gasteiger partial charge < -0.3 is 60.7 Å². The zero-order valence-corrected chi connectivity index (χ0v) is 55.4.